The molecule has 4 rings (SSSR count). The Hall–Kier alpha value is -4.11. The third-order valence-electron chi connectivity index (χ3n) is 5.01. The molecule has 2 heterocycles. The number of morpholine rings is 1. The lowest BCUT2D eigenvalue weighted by molar-refractivity contribution is -0.114. The summed E-state index contributed by atoms with van der Waals surface area (Å²) < 4.78 is 10.4. The van der Waals surface area contributed by atoms with Gasteiger partial charge in [-0.1, -0.05) is 12.1 Å². The van der Waals surface area contributed by atoms with Crippen LogP contribution in [0.5, 0.6) is 0 Å². The van der Waals surface area contributed by atoms with Crippen LogP contribution in [0.2, 0.25) is 0 Å². The lowest BCUT2D eigenvalue weighted by Gasteiger charge is -2.27. The van der Waals surface area contributed by atoms with Gasteiger partial charge in [-0.15, -0.1) is 0 Å². The molecule has 1 fully saturated rings. The normalized spacial score (nSPS) is 13.3. The first-order valence-electron chi connectivity index (χ1n) is 10.5. The van der Waals surface area contributed by atoms with Crippen LogP contribution >= 0.6 is 0 Å². The molecule has 0 spiro atoms. The lowest BCUT2D eigenvalue weighted by Crippen LogP contribution is -2.40. The van der Waals surface area contributed by atoms with Crippen molar-refractivity contribution in [3.63, 3.8) is 0 Å². The van der Waals surface area contributed by atoms with E-state index in [2.05, 4.69) is 16.0 Å². The summed E-state index contributed by atoms with van der Waals surface area (Å²) in [5, 5.41) is 8.56. The van der Waals surface area contributed by atoms with Crippen LogP contribution in [0.15, 0.2) is 71.3 Å². The Morgan fingerprint density at radius 3 is 2.33 bits per heavy atom. The van der Waals surface area contributed by atoms with Gasteiger partial charge < -0.3 is 30.0 Å². The zero-order chi connectivity index (χ0) is 23.0. The second-order valence-corrected chi connectivity index (χ2v) is 7.40. The van der Waals surface area contributed by atoms with Gasteiger partial charge in [0.1, 0.15) is 0 Å². The molecule has 0 bridgehead atoms. The fourth-order valence-electron chi connectivity index (χ4n) is 3.37. The second kappa shape index (κ2) is 10.5. The molecule has 1 aliphatic rings. The van der Waals surface area contributed by atoms with Gasteiger partial charge >= 0.3 is 0 Å². The van der Waals surface area contributed by atoms with Crippen LogP contribution in [0.3, 0.4) is 0 Å². The van der Waals surface area contributed by atoms with E-state index in [1.165, 1.54) is 6.26 Å². The standard InChI is InChI=1S/C24H24N4O5/c29-22(26-19-6-1-4-17(14-19)24(31)28-9-12-32-13-10-28)16-25-18-5-2-7-20(15-18)27-23(30)21-8-3-11-33-21/h1-8,11,14-15,25H,9-10,12-13,16H2,(H,26,29)(H,27,30). The van der Waals surface area contributed by atoms with Gasteiger partial charge in [-0.25, -0.2) is 0 Å². The largest absolute Gasteiger partial charge is 0.459 e. The number of hydrogen-bond donors (Lipinski definition) is 3. The predicted octanol–water partition coefficient (Wildman–Crippen LogP) is 3.05. The van der Waals surface area contributed by atoms with E-state index in [1.54, 1.807) is 65.6 Å². The number of carbonyl (C=O) groups excluding carboxylic acids is 3. The van der Waals surface area contributed by atoms with E-state index in [0.29, 0.717) is 48.9 Å². The summed E-state index contributed by atoms with van der Waals surface area (Å²) in [6.45, 7) is 2.18. The van der Waals surface area contributed by atoms with Crippen LogP contribution in [-0.2, 0) is 9.53 Å². The zero-order valence-corrected chi connectivity index (χ0v) is 17.9. The van der Waals surface area contributed by atoms with E-state index in [-0.39, 0.29) is 30.0 Å². The van der Waals surface area contributed by atoms with Crippen LogP contribution in [-0.4, -0.2) is 55.5 Å². The van der Waals surface area contributed by atoms with Gasteiger partial charge in [0.2, 0.25) is 5.91 Å². The quantitative estimate of drug-likeness (QED) is 0.512. The molecule has 3 N–H and O–H groups in total. The van der Waals surface area contributed by atoms with Crippen molar-refractivity contribution in [3.8, 4) is 0 Å². The lowest BCUT2D eigenvalue weighted by atomic mass is 10.1. The number of nitrogens with zero attached hydrogens (tertiary/aromatic N) is 1. The van der Waals surface area contributed by atoms with Gasteiger partial charge in [0.15, 0.2) is 5.76 Å². The van der Waals surface area contributed by atoms with Crippen LogP contribution < -0.4 is 16.0 Å². The third kappa shape index (κ3) is 5.98. The molecule has 9 heteroatoms. The summed E-state index contributed by atoms with van der Waals surface area (Å²) in [5.41, 5.74) is 2.29. The molecule has 0 unspecified atom stereocenters. The molecule has 3 aromatic rings. The Balaban J connectivity index is 1.30. The number of nitrogens with one attached hydrogen (secondary N) is 3. The summed E-state index contributed by atoms with van der Waals surface area (Å²) in [7, 11) is 0. The molecule has 9 nitrogen and oxygen atoms in total. The number of amides is 3. The highest BCUT2D eigenvalue weighted by Gasteiger charge is 2.18. The van der Waals surface area contributed by atoms with E-state index in [0.717, 1.165) is 0 Å². The third-order valence-corrected chi connectivity index (χ3v) is 5.01. The Morgan fingerprint density at radius 1 is 0.848 bits per heavy atom. The summed E-state index contributed by atoms with van der Waals surface area (Å²) >= 11 is 0. The van der Waals surface area contributed by atoms with Gasteiger partial charge in [-0.05, 0) is 48.5 Å². The van der Waals surface area contributed by atoms with Crippen molar-refractivity contribution in [3.05, 3.63) is 78.3 Å². The van der Waals surface area contributed by atoms with Crippen LogP contribution in [0, 0.1) is 0 Å². The zero-order valence-electron chi connectivity index (χ0n) is 17.9. The predicted molar refractivity (Wildman–Crippen MR) is 123 cm³/mol. The molecule has 1 aromatic heterocycles. The summed E-state index contributed by atoms with van der Waals surface area (Å²) in [4.78, 5) is 38.9. The average molecular weight is 448 g/mol. The van der Waals surface area contributed by atoms with Gasteiger partial charge in [0, 0.05) is 35.7 Å². The fourth-order valence-corrected chi connectivity index (χ4v) is 3.37. The van der Waals surface area contributed by atoms with Gasteiger partial charge in [0.05, 0.1) is 26.0 Å². The van der Waals surface area contributed by atoms with E-state index in [4.69, 9.17) is 9.15 Å². The topological polar surface area (TPSA) is 113 Å². The number of rotatable bonds is 7. The Bertz CT molecular complexity index is 1120. The van der Waals surface area contributed by atoms with E-state index in [1.807, 2.05) is 0 Å². The minimum Gasteiger partial charge on any atom is -0.459 e. The highest BCUT2D eigenvalue weighted by molar-refractivity contribution is 6.02. The minimum atomic E-state index is -0.360. The van der Waals surface area contributed by atoms with Crippen molar-refractivity contribution >= 4 is 34.8 Å². The van der Waals surface area contributed by atoms with E-state index in [9.17, 15) is 14.4 Å². The van der Waals surface area contributed by atoms with Crippen molar-refractivity contribution in [1.82, 2.24) is 4.90 Å². The second-order valence-electron chi connectivity index (χ2n) is 7.40. The minimum absolute atomic E-state index is 0.0111. The number of furan rings is 1. The first kappa shape index (κ1) is 22.1. The first-order valence-corrected chi connectivity index (χ1v) is 10.5. The first-order chi connectivity index (χ1) is 16.1. The van der Waals surface area contributed by atoms with Crippen LogP contribution in [0.1, 0.15) is 20.9 Å². The number of carbonyl (C=O) groups is 3. The maximum Gasteiger partial charge on any atom is 0.291 e. The van der Waals surface area contributed by atoms with E-state index < -0.39 is 0 Å². The maximum atomic E-state index is 12.6. The van der Waals surface area contributed by atoms with Gasteiger partial charge in [-0.3, -0.25) is 14.4 Å². The van der Waals surface area contributed by atoms with Crippen molar-refractivity contribution in [1.29, 1.82) is 0 Å². The highest BCUT2D eigenvalue weighted by atomic mass is 16.5. The molecule has 0 aliphatic carbocycles. The Morgan fingerprint density at radius 2 is 1.58 bits per heavy atom. The average Bonchev–Trinajstić information content (AvgIpc) is 3.39. The fraction of sp³-hybridized carbons (Fsp3) is 0.208. The highest BCUT2D eigenvalue weighted by Crippen LogP contribution is 2.17. The molecule has 0 radical (unpaired) electrons. The molecular weight excluding hydrogens is 424 g/mol. The Labute approximate surface area is 190 Å². The monoisotopic (exact) mass is 448 g/mol. The summed E-state index contributed by atoms with van der Waals surface area (Å²) in [6.07, 6.45) is 1.43. The van der Waals surface area contributed by atoms with Crippen molar-refractivity contribution in [2.24, 2.45) is 0 Å². The van der Waals surface area contributed by atoms with Crippen molar-refractivity contribution in [2.45, 2.75) is 0 Å². The van der Waals surface area contributed by atoms with Crippen molar-refractivity contribution in [2.75, 3.05) is 48.8 Å². The summed E-state index contributed by atoms with van der Waals surface area (Å²) in [6, 6.07) is 17.1. The molecule has 2 aromatic carbocycles. The van der Waals surface area contributed by atoms with E-state index >= 15 is 0 Å². The van der Waals surface area contributed by atoms with Gasteiger partial charge in [0.25, 0.3) is 11.8 Å². The smallest absolute Gasteiger partial charge is 0.291 e. The number of benzene rings is 2. The number of hydrogen-bond acceptors (Lipinski definition) is 6. The molecule has 3 amide bonds. The summed E-state index contributed by atoms with van der Waals surface area (Å²) in [5.74, 6) is -0.500. The molecule has 1 saturated heterocycles. The van der Waals surface area contributed by atoms with Crippen LogP contribution in [0.25, 0.3) is 0 Å². The molecule has 0 saturated carbocycles. The van der Waals surface area contributed by atoms with Gasteiger partial charge in [-0.2, -0.15) is 0 Å². The molecule has 170 valence electrons. The molecule has 0 atom stereocenters. The molecule has 1 aliphatic heterocycles. The van der Waals surface area contributed by atoms with Crippen LogP contribution in [0.4, 0.5) is 17.1 Å². The van der Waals surface area contributed by atoms with Crippen molar-refractivity contribution < 1.29 is 23.5 Å². The number of ether oxygens (including phenoxy) is 1. The molecular formula is C24H24N4O5. The maximum absolute atomic E-state index is 12.6. The number of anilines is 3. The molecule has 33 heavy (non-hydrogen) atoms. The SMILES string of the molecule is O=C(CNc1cccc(NC(=O)c2ccco2)c1)Nc1cccc(C(=O)N2CCOCC2)c1. The Kier molecular flexibility index (Phi) is 7.01.